The van der Waals surface area contributed by atoms with Gasteiger partial charge in [0.15, 0.2) is 6.54 Å². The average Bonchev–Trinajstić information content (AvgIpc) is 0.710. The Kier molecular flexibility index (Phi) is 17.1. The molecule has 0 aliphatic rings. The molecule has 0 N–H and O–H groups in total. The molecule has 0 spiro atoms. The number of fused-ring (bicyclic) bond motifs is 3. The molecule has 3 nitrogen and oxygen atoms in total. The Morgan fingerprint density at radius 1 is 0.319 bits per heavy atom. The molecule has 91 heavy (non-hydrogen) atoms. The first-order valence-electron chi connectivity index (χ1n) is 26.0. The van der Waals surface area contributed by atoms with E-state index in [9.17, 15) is 110 Å². The highest BCUT2D eigenvalue weighted by atomic mass is 19.4. The average molecular weight is 1300 g/mol. The molecule has 28 heteroatoms. The van der Waals surface area contributed by atoms with Crippen LogP contribution in [-0.4, -0.2) is 12.1 Å². The second-order valence-electron chi connectivity index (χ2n) is 20.6. The predicted octanol–water partition coefficient (Wildman–Crippen LogP) is 17.9. The molecule has 0 atom stereocenters. The number of ether oxygens (including phenoxy) is 1. The predicted molar refractivity (Wildman–Crippen MR) is 286 cm³/mol. The normalized spacial score (nSPS) is 13.1. The Bertz CT molecular complexity index is 3900. The molecule has 10 aromatic rings. The van der Waals surface area contributed by atoms with E-state index >= 15 is 0 Å². The lowest BCUT2D eigenvalue weighted by atomic mass is 9.12. The molecule has 0 aliphatic heterocycles. The van der Waals surface area contributed by atoms with Crippen LogP contribution in [-0.2, 0) is 56.0 Å². The summed E-state index contributed by atoms with van der Waals surface area (Å²) in [6.07, 6.45) is -54.8. The van der Waals surface area contributed by atoms with Gasteiger partial charge in [-0.1, -0.05) is 140 Å². The molecule has 1 heterocycles. The van der Waals surface area contributed by atoms with Crippen molar-refractivity contribution >= 4 is 66.4 Å². The van der Waals surface area contributed by atoms with Crippen molar-refractivity contribution in [3.63, 3.8) is 0 Å². The maximum atomic E-state index is 14.2. The molecular formula is C63H34BF24NO2. The van der Waals surface area contributed by atoms with E-state index in [0.717, 1.165) is 38.0 Å². The van der Waals surface area contributed by atoms with Crippen LogP contribution in [0.4, 0.5) is 105 Å². The highest BCUT2D eigenvalue weighted by Gasteiger charge is 2.47. The Morgan fingerprint density at radius 3 is 0.923 bits per heavy atom. The number of hydrogen-bond donors (Lipinski definition) is 0. The van der Waals surface area contributed by atoms with Gasteiger partial charge in [-0.15, -0.1) is 0 Å². The molecule has 0 aliphatic carbocycles. The van der Waals surface area contributed by atoms with Crippen LogP contribution >= 0.6 is 0 Å². The van der Waals surface area contributed by atoms with E-state index in [1.807, 2.05) is 102 Å². The fourth-order valence-electron chi connectivity index (χ4n) is 10.7. The van der Waals surface area contributed by atoms with Crippen LogP contribution in [0.15, 0.2) is 194 Å². The van der Waals surface area contributed by atoms with E-state index in [1.165, 1.54) is 0 Å². The van der Waals surface area contributed by atoms with E-state index in [-0.39, 0.29) is 5.97 Å². The Hall–Kier alpha value is -9.24. The lowest BCUT2D eigenvalue weighted by Gasteiger charge is -2.46. The lowest BCUT2D eigenvalue weighted by molar-refractivity contribution is -0.664. The van der Waals surface area contributed by atoms with Crippen molar-refractivity contribution in [1.29, 1.82) is 0 Å². The van der Waals surface area contributed by atoms with Crippen LogP contribution in [0.25, 0.3) is 32.4 Å². The zero-order valence-corrected chi connectivity index (χ0v) is 45.1. The van der Waals surface area contributed by atoms with Gasteiger partial charge in [-0.2, -0.15) is 132 Å². The van der Waals surface area contributed by atoms with Crippen molar-refractivity contribution in [2.75, 3.05) is 0 Å². The summed E-state index contributed by atoms with van der Waals surface area (Å²) >= 11 is 0. The molecule has 474 valence electrons. The van der Waals surface area contributed by atoms with Crippen molar-refractivity contribution in [2.45, 2.75) is 56.0 Å². The van der Waals surface area contributed by atoms with Gasteiger partial charge in [0.2, 0.25) is 5.52 Å². The van der Waals surface area contributed by atoms with E-state index < -0.39 is 195 Å². The van der Waals surface area contributed by atoms with E-state index in [0.29, 0.717) is 18.0 Å². The fraction of sp³-hybridized carbons (Fsp3) is 0.143. The number of carbonyl (C=O) groups is 1. The van der Waals surface area contributed by atoms with E-state index in [2.05, 4.69) is 24.3 Å². The van der Waals surface area contributed by atoms with Crippen LogP contribution in [0.1, 0.15) is 60.6 Å². The molecule has 0 fully saturated rings. The van der Waals surface area contributed by atoms with Gasteiger partial charge < -0.3 is 4.74 Å². The summed E-state index contributed by atoms with van der Waals surface area (Å²) < 4.78 is 349. The van der Waals surface area contributed by atoms with E-state index in [1.54, 1.807) is 0 Å². The summed E-state index contributed by atoms with van der Waals surface area (Å²) in [5.74, 6) is 0.223. The second-order valence-corrected chi connectivity index (χ2v) is 20.6. The monoisotopic (exact) mass is 1300 g/mol. The van der Waals surface area contributed by atoms with Crippen LogP contribution in [0.2, 0.25) is 0 Å². The Labute approximate surface area is 496 Å². The zero-order valence-electron chi connectivity index (χ0n) is 45.1. The fourth-order valence-corrected chi connectivity index (χ4v) is 10.7. The topological polar surface area (TPSA) is 30.2 Å². The number of aromatic nitrogens is 1. The third-order valence-electron chi connectivity index (χ3n) is 14.7. The van der Waals surface area contributed by atoms with Crippen molar-refractivity contribution in [3.8, 4) is 5.75 Å². The molecule has 1 aromatic heterocycles. The molecule has 0 saturated carbocycles. The van der Waals surface area contributed by atoms with Crippen LogP contribution < -0.4 is 31.2 Å². The smallest absolute Gasteiger partial charge is 0.416 e. The maximum absolute atomic E-state index is 14.2. The summed E-state index contributed by atoms with van der Waals surface area (Å²) in [5, 5.41) is 5.00. The third kappa shape index (κ3) is 14.1. The lowest BCUT2D eigenvalue weighted by Crippen LogP contribution is -2.75. The summed E-state index contributed by atoms with van der Waals surface area (Å²) in [6, 6.07) is 31.5. The first-order valence-corrected chi connectivity index (χ1v) is 26.0. The van der Waals surface area contributed by atoms with Gasteiger partial charge in [0.25, 0.3) is 5.69 Å². The first kappa shape index (κ1) is 66.2. The minimum absolute atomic E-state index is 0.372. The molecule has 9 aromatic carbocycles. The number of alkyl halides is 24. The van der Waals surface area contributed by atoms with Crippen LogP contribution in [0.5, 0.6) is 5.75 Å². The number of nitrogens with zero attached hydrogens (tertiary/aromatic N) is 1. The van der Waals surface area contributed by atoms with Gasteiger partial charge in [-0.25, -0.2) is 4.79 Å². The number of para-hydroxylation sites is 1. The minimum atomic E-state index is -6.13. The molecule has 10 rings (SSSR count). The van der Waals surface area contributed by atoms with Crippen molar-refractivity contribution in [2.24, 2.45) is 0 Å². The zero-order chi connectivity index (χ0) is 66.8. The van der Waals surface area contributed by atoms with Gasteiger partial charge in [-0.05, 0) is 53.2 Å². The highest BCUT2D eigenvalue weighted by molar-refractivity contribution is 7.20. The summed E-state index contributed by atoms with van der Waals surface area (Å²) in [5.41, 5.74) is -27.6. The quantitative estimate of drug-likeness (QED) is 0.0379. The summed E-state index contributed by atoms with van der Waals surface area (Å²) in [7, 11) is 0. The highest BCUT2D eigenvalue weighted by Crippen LogP contribution is 2.42. The van der Waals surface area contributed by atoms with E-state index in [4.69, 9.17) is 4.74 Å². The molecule has 0 amide bonds. The second kappa shape index (κ2) is 23.5. The number of benzene rings is 9. The van der Waals surface area contributed by atoms with Crippen molar-refractivity contribution in [1.82, 2.24) is 0 Å². The Morgan fingerprint density at radius 2 is 0.604 bits per heavy atom. The Balaban J connectivity index is 0.000000242. The number of hydrogen-bond acceptors (Lipinski definition) is 2. The number of pyridine rings is 1. The number of carbonyl (C=O) groups excluding carboxylic acids is 1. The van der Waals surface area contributed by atoms with Crippen molar-refractivity contribution in [3.05, 3.63) is 250 Å². The molecule has 0 radical (unpaired) electrons. The molecule has 0 saturated heterocycles. The molecular weight excluding hydrogens is 1270 g/mol. The van der Waals surface area contributed by atoms with Gasteiger partial charge >= 0.3 is 55.4 Å². The SMILES string of the molecule is FC(F)(F)c1cc([B-](c2cc(C(F)(F)F)cc(C(F)(F)F)c2)(c2cc(C(F)(F)F)cc(C(F)(F)F)c2)c2cc(C(F)(F)F)cc(C(F)(F)F)c2)cc(C(F)(F)F)c1.O=C(Oc1c2ccccc2cc2ccccc12)c1ccc2ccccc2[n+]1Cc1ccccc1. The number of rotatable bonds is 8. The summed E-state index contributed by atoms with van der Waals surface area (Å²) in [6.45, 7) is 0.572. The maximum Gasteiger partial charge on any atom is 0.416 e. The van der Waals surface area contributed by atoms with Gasteiger partial charge in [0, 0.05) is 33.9 Å². The first-order chi connectivity index (χ1) is 42.0. The third-order valence-corrected chi connectivity index (χ3v) is 14.7. The largest absolute Gasteiger partial charge is 0.417 e. The van der Waals surface area contributed by atoms with Crippen LogP contribution in [0, 0.1) is 0 Å². The molecule has 0 unspecified atom stereocenters. The van der Waals surface area contributed by atoms with Gasteiger partial charge in [0.05, 0.1) is 44.5 Å². The minimum Gasteiger partial charge on any atom is -0.417 e. The summed E-state index contributed by atoms with van der Waals surface area (Å²) in [4.78, 5) is 13.7. The van der Waals surface area contributed by atoms with Gasteiger partial charge in [0.1, 0.15) is 11.9 Å². The van der Waals surface area contributed by atoms with Crippen LogP contribution in [0.3, 0.4) is 0 Å². The molecule has 0 bridgehead atoms. The van der Waals surface area contributed by atoms with Crippen molar-refractivity contribution < 1.29 is 119 Å². The number of esters is 1. The number of halogens is 24. The standard InChI is InChI=1S/C32H12BF24.C31H22NO2/c34-25(35,36)13-1-14(26(37,38)39)6-21(5-13)33(22-7-15(27(40,41)42)2-16(8-22)28(43,44)45,23-9-17(29(46,47)48)3-18(10-23)30(49,50)51)24-11-19(31(52,53)54)4-20(12-24)32(55,56)57;33-31(34-30-26-15-7-4-13-24(26)20-25-14-5-8-16-27(25)30)29-19-18-23-12-6-9-17-28(23)32(29)21-22-10-2-1-3-11-22/h1-12H;1-20H,21H2/q-1;+1. The van der Waals surface area contributed by atoms with Gasteiger partial charge in [-0.3, -0.25) is 0 Å².